The van der Waals surface area contributed by atoms with E-state index in [0.29, 0.717) is 38.2 Å². The number of anilines is 1. The minimum Gasteiger partial charge on any atom is -0.481 e. The van der Waals surface area contributed by atoms with Gasteiger partial charge in [0.1, 0.15) is 11.5 Å². The number of aliphatic imine (C=N–C) groups is 1. The number of urea groups is 1. The lowest BCUT2D eigenvalue weighted by atomic mass is 9.53. The van der Waals surface area contributed by atoms with Crippen molar-refractivity contribution in [1.29, 1.82) is 0 Å². The minimum absolute atomic E-state index is 0.0273. The van der Waals surface area contributed by atoms with Crippen molar-refractivity contribution in [3.63, 3.8) is 0 Å². The largest absolute Gasteiger partial charge is 0.481 e. The molecule has 2 aliphatic heterocycles. The highest BCUT2D eigenvalue weighted by Crippen LogP contribution is 2.57. The third kappa shape index (κ3) is 2.29. The van der Waals surface area contributed by atoms with Gasteiger partial charge in [-0.3, -0.25) is 19.6 Å². The van der Waals surface area contributed by atoms with E-state index in [1.807, 2.05) is 0 Å². The molecule has 0 unspecified atom stereocenters. The Morgan fingerprint density at radius 1 is 1.21 bits per heavy atom. The monoisotopic (exact) mass is 385 g/mol. The van der Waals surface area contributed by atoms with Crippen molar-refractivity contribution >= 4 is 23.7 Å². The summed E-state index contributed by atoms with van der Waals surface area (Å²) in [5.74, 6) is 1.70. The number of aliphatic carboxylic acids is 1. The van der Waals surface area contributed by atoms with Crippen molar-refractivity contribution < 1.29 is 14.7 Å². The van der Waals surface area contributed by atoms with Crippen LogP contribution in [0.5, 0.6) is 0 Å². The predicted molar refractivity (Wildman–Crippen MR) is 104 cm³/mol. The molecule has 0 saturated heterocycles. The fourth-order valence-corrected chi connectivity index (χ4v) is 5.49. The van der Waals surface area contributed by atoms with Crippen LogP contribution in [0.2, 0.25) is 0 Å². The van der Waals surface area contributed by atoms with E-state index >= 15 is 0 Å². The van der Waals surface area contributed by atoms with Crippen molar-refractivity contribution in [3.8, 4) is 0 Å². The molecule has 28 heavy (non-hydrogen) atoms. The molecule has 3 aliphatic carbocycles. The zero-order valence-electron chi connectivity index (χ0n) is 16.3. The fourth-order valence-electron chi connectivity index (χ4n) is 5.49. The Bertz CT molecular complexity index is 849. The first-order valence-electron chi connectivity index (χ1n) is 10.5. The summed E-state index contributed by atoms with van der Waals surface area (Å²) in [5, 5.41) is 9.66. The number of imidazole rings is 1. The summed E-state index contributed by atoms with van der Waals surface area (Å²) in [5.41, 5.74) is 0.218. The van der Waals surface area contributed by atoms with Gasteiger partial charge in [0.2, 0.25) is 0 Å². The van der Waals surface area contributed by atoms with Crippen molar-refractivity contribution in [2.75, 3.05) is 24.5 Å². The normalized spacial score (nSPS) is 31.5. The lowest BCUT2D eigenvalue weighted by Crippen LogP contribution is -2.53. The number of carbonyl (C=O) groups is 2. The van der Waals surface area contributed by atoms with Gasteiger partial charge in [-0.25, -0.2) is 9.78 Å². The van der Waals surface area contributed by atoms with Crippen molar-refractivity contribution in [3.05, 3.63) is 11.5 Å². The van der Waals surface area contributed by atoms with Gasteiger partial charge in [-0.15, -0.1) is 0 Å². The van der Waals surface area contributed by atoms with Gasteiger partial charge < -0.3 is 10.1 Å². The molecule has 0 aromatic carbocycles. The average Bonchev–Trinajstić information content (AvgIpc) is 3.19. The molecular formula is C20H27N5O3. The number of fused-ring (bicyclic) bond motifs is 6. The van der Waals surface area contributed by atoms with Crippen LogP contribution in [-0.4, -0.2) is 57.4 Å². The Balaban J connectivity index is 1.55. The molecule has 2 N–H and O–H groups in total. The van der Waals surface area contributed by atoms with Crippen LogP contribution in [0, 0.1) is 5.41 Å². The number of carbonyl (C=O) groups excluding carboxylic acids is 1. The molecule has 6 rings (SSSR count). The topological polar surface area (TPSA) is 102 Å². The van der Waals surface area contributed by atoms with Gasteiger partial charge in [-0.1, -0.05) is 6.92 Å². The maximum Gasteiger partial charge on any atom is 0.331 e. The average molecular weight is 385 g/mol. The second kappa shape index (κ2) is 6.06. The van der Waals surface area contributed by atoms with Gasteiger partial charge in [0.25, 0.3) is 0 Å². The number of amides is 2. The Labute approximate surface area is 164 Å². The molecule has 1 aromatic heterocycles. The smallest absolute Gasteiger partial charge is 0.331 e. The summed E-state index contributed by atoms with van der Waals surface area (Å²) < 4.78 is 0. The van der Waals surface area contributed by atoms with Crippen LogP contribution in [0.4, 0.5) is 10.6 Å². The van der Waals surface area contributed by atoms with E-state index in [0.717, 1.165) is 56.0 Å². The first kappa shape index (κ1) is 17.7. The van der Waals surface area contributed by atoms with Crippen LogP contribution < -0.4 is 4.90 Å². The van der Waals surface area contributed by atoms with Crippen LogP contribution in [0.15, 0.2) is 4.99 Å². The Hall–Kier alpha value is -2.38. The quantitative estimate of drug-likeness (QED) is 0.832. The van der Waals surface area contributed by atoms with E-state index in [9.17, 15) is 14.7 Å². The summed E-state index contributed by atoms with van der Waals surface area (Å²) in [6, 6.07) is -0.0273. The van der Waals surface area contributed by atoms with E-state index in [1.54, 1.807) is 9.80 Å². The zero-order valence-corrected chi connectivity index (χ0v) is 16.3. The Morgan fingerprint density at radius 3 is 2.57 bits per heavy atom. The minimum atomic E-state index is -0.647. The van der Waals surface area contributed by atoms with Gasteiger partial charge in [0.15, 0.2) is 11.7 Å². The summed E-state index contributed by atoms with van der Waals surface area (Å²) in [7, 11) is 0. The Kier molecular flexibility index (Phi) is 3.83. The molecule has 3 heterocycles. The molecule has 150 valence electrons. The predicted octanol–water partition coefficient (Wildman–Crippen LogP) is 2.89. The number of aromatic amines is 1. The molecule has 0 atom stereocenters. The number of hydrogen-bond acceptors (Lipinski definition) is 4. The number of carboxylic acids is 1. The molecule has 3 saturated carbocycles. The lowest BCUT2D eigenvalue weighted by molar-refractivity contribution is -0.156. The number of aromatic nitrogens is 2. The third-order valence-electron chi connectivity index (χ3n) is 7.33. The SMILES string of the molecule is CCCN1C(=O)N2CCCN=C2c2[nH]c(C34CCC(C(=O)O)(CC3)CC4)nc21. The van der Waals surface area contributed by atoms with Crippen LogP contribution in [-0.2, 0) is 10.2 Å². The molecule has 8 heteroatoms. The van der Waals surface area contributed by atoms with Gasteiger partial charge in [-0.2, -0.15) is 0 Å². The van der Waals surface area contributed by atoms with Crippen LogP contribution in [0.25, 0.3) is 0 Å². The number of rotatable bonds is 4. The molecule has 2 bridgehead atoms. The second-order valence-electron chi connectivity index (χ2n) is 8.79. The fraction of sp³-hybridized carbons (Fsp3) is 0.700. The van der Waals surface area contributed by atoms with E-state index in [2.05, 4.69) is 16.9 Å². The highest BCUT2D eigenvalue weighted by molar-refractivity contribution is 6.17. The molecule has 0 radical (unpaired) electrons. The van der Waals surface area contributed by atoms with Crippen molar-refractivity contribution in [2.24, 2.45) is 10.4 Å². The first-order valence-corrected chi connectivity index (χ1v) is 10.5. The Morgan fingerprint density at radius 2 is 1.93 bits per heavy atom. The molecule has 5 aliphatic rings. The molecule has 0 spiro atoms. The zero-order chi connectivity index (χ0) is 19.5. The molecule has 2 amide bonds. The standard InChI is InChI=1S/C20H27N5O3/c1-2-11-24-15-13(14-21-10-3-12-25(14)18(24)28)22-16(23-15)19-4-7-20(8-5-19,9-6-19)17(26)27/h2-12H2,1H3,(H,22,23)(H,26,27). The van der Waals surface area contributed by atoms with Crippen LogP contribution in [0.1, 0.15) is 69.8 Å². The van der Waals surface area contributed by atoms with E-state index in [-0.39, 0.29) is 11.4 Å². The summed E-state index contributed by atoms with van der Waals surface area (Å²) in [4.78, 5) is 41.5. The van der Waals surface area contributed by atoms with E-state index in [1.165, 1.54) is 0 Å². The lowest BCUT2D eigenvalue weighted by Gasteiger charge is -2.50. The first-order chi connectivity index (χ1) is 13.5. The number of nitrogens with zero attached hydrogens (tertiary/aromatic N) is 4. The second-order valence-corrected chi connectivity index (χ2v) is 8.79. The highest BCUT2D eigenvalue weighted by Gasteiger charge is 2.55. The number of hydrogen-bond donors (Lipinski definition) is 2. The molecule has 1 aromatic rings. The van der Waals surface area contributed by atoms with E-state index in [4.69, 9.17) is 4.98 Å². The van der Waals surface area contributed by atoms with Crippen molar-refractivity contribution in [2.45, 2.75) is 63.7 Å². The summed E-state index contributed by atoms with van der Waals surface area (Å²) in [6.07, 6.45) is 6.37. The maximum absolute atomic E-state index is 13.0. The number of H-pyrrole nitrogens is 1. The van der Waals surface area contributed by atoms with Crippen LogP contribution >= 0.6 is 0 Å². The van der Waals surface area contributed by atoms with E-state index < -0.39 is 11.4 Å². The summed E-state index contributed by atoms with van der Waals surface area (Å²) in [6.45, 7) is 4.12. The number of carboxylic acid groups (broad SMARTS) is 1. The van der Waals surface area contributed by atoms with Gasteiger partial charge >= 0.3 is 12.0 Å². The molecule has 8 nitrogen and oxygen atoms in total. The van der Waals surface area contributed by atoms with Crippen LogP contribution in [0.3, 0.4) is 0 Å². The number of amidine groups is 1. The highest BCUT2D eigenvalue weighted by atomic mass is 16.4. The molecular weight excluding hydrogens is 358 g/mol. The maximum atomic E-state index is 13.0. The van der Waals surface area contributed by atoms with Gasteiger partial charge in [0.05, 0.1) is 5.41 Å². The van der Waals surface area contributed by atoms with Crippen molar-refractivity contribution in [1.82, 2.24) is 14.9 Å². The van der Waals surface area contributed by atoms with Gasteiger partial charge in [-0.05, 0) is 51.4 Å². The van der Waals surface area contributed by atoms with Gasteiger partial charge in [0, 0.05) is 25.0 Å². The number of nitrogens with one attached hydrogen (secondary N) is 1. The summed E-state index contributed by atoms with van der Waals surface area (Å²) >= 11 is 0. The third-order valence-corrected chi connectivity index (χ3v) is 7.33. The molecule has 3 fully saturated rings.